The van der Waals surface area contributed by atoms with E-state index in [0.717, 1.165) is 34.1 Å². The molecular weight excluding hydrogens is 252 g/mol. The lowest BCUT2D eigenvalue weighted by atomic mass is 10.1. The van der Waals surface area contributed by atoms with Crippen LogP contribution in [0.2, 0.25) is 5.02 Å². The van der Waals surface area contributed by atoms with Crippen LogP contribution in [0.1, 0.15) is 30.8 Å². The van der Waals surface area contributed by atoms with Crippen molar-refractivity contribution in [2.75, 3.05) is 0 Å². The number of thiazole rings is 1. The smallest absolute Gasteiger partial charge is 0.110 e. The molecule has 0 saturated carbocycles. The Kier molecular flexibility index (Phi) is 4.15. The molecule has 2 N–H and O–H groups in total. The lowest BCUT2D eigenvalue weighted by Gasteiger charge is -2.05. The van der Waals surface area contributed by atoms with Gasteiger partial charge in [0.25, 0.3) is 0 Å². The summed E-state index contributed by atoms with van der Waals surface area (Å²) in [5, 5.41) is 3.74. The molecule has 0 radical (unpaired) electrons. The zero-order valence-electron chi connectivity index (χ0n) is 9.69. The lowest BCUT2D eigenvalue weighted by Crippen LogP contribution is -2.09. The van der Waals surface area contributed by atoms with Gasteiger partial charge in [0.15, 0.2) is 0 Å². The summed E-state index contributed by atoms with van der Waals surface area (Å²) in [5.41, 5.74) is 7.94. The Balaban J connectivity index is 2.27. The first-order valence-electron chi connectivity index (χ1n) is 5.68. The Bertz CT molecular complexity index is 496. The molecule has 0 aliphatic heterocycles. The first-order chi connectivity index (χ1) is 8.22. The number of rotatable bonds is 4. The molecule has 1 unspecified atom stereocenters. The fourth-order valence-corrected chi connectivity index (χ4v) is 2.77. The van der Waals surface area contributed by atoms with Crippen LogP contribution < -0.4 is 5.73 Å². The molecular formula is C13H15ClN2S. The van der Waals surface area contributed by atoms with E-state index in [4.69, 9.17) is 17.3 Å². The highest BCUT2D eigenvalue weighted by molar-refractivity contribution is 7.10. The van der Waals surface area contributed by atoms with Crippen molar-refractivity contribution in [3.63, 3.8) is 0 Å². The van der Waals surface area contributed by atoms with E-state index in [1.54, 1.807) is 11.3 Å². The summed E-state index contributed by atoms with van der Waals surface area (Å²) in [4.78, 5) is 4.57. The summed E-state index contributed by atoms with van der Waals surface area (Å²) in [7, 11) is 0. The van der Waals surface area contributed by atoms with Gasteiger partial charge in [-0.25, -0.2) is 4.98 Å². The molecule has 1 atom stereocenters. The molecule has 0 bridgehead atoms. The first-order valence-corrected chi connectivity index (χ1v) is 6.94. The average Bonchev–Trinajstić information content (AvgIpc) is 2.79. The topological polar surface area (TPSA) is 38.9 Å². The van der Waals surface area contributed by atoms with Crippen molar-refractivity contribution >= 4 is 22.9 Å². The van der Waals surface area contributed by atoms with E-state index in [9.17, 15) is 0 Å². The summed E-state index contributed by atoms with van der Waals surface area (Å²) in [5.74, 6) is 0. The standard InChI is InChI=1S/C13H15ClN2S/c1-2-5-11(15)13-16-12(8-17-13)9-6-3-4-7-10(9)14/h3-4,6-8,11H,2,5,15H2,1H3. The molecule has 0 spiro atoms. The van der Waals surface area contributed by atoms with Crippen LogP contribution in [0.5, 0.6) is 0 Å². The van der Waals surface area contributed by atoms with Crippen LogP contribution >= 0.6 is 22.9 Å². The Labute approximate surface area is 110 Å². The number of aromatic nitrogens is 1. The minimum atomic E-state index is 0.0428. The number of nitrogens with two attached hydrogens (primary N) is 1. The Morgan fingerprint density at radius 3 is 2.88 bits per heavy atom. The van der Waals surface area contributed by atoms with Gasteiger partial charge < -0.3 is 5.73 Å². The van der Waals surface area contributed by atoms with Crippen LogP contribution in [-0.2, 0) is 0 Å². The van der Waals surface area contributed by atoms with Gasteiger partial charge in [-0.15, -0.1) is 11.3 Å². The largest absolute Gasteiger partial charge is 0.322 e. The maximum atomic E-state index is 6.14. The second-order valence-corrected chi connectivity index (χ2v) is 5.24. The number of hydrogen-bond donors (Lipinski definition) is 1. The number of nitrogens with zero attached hydrogens (tertiary/aromatic N) is 1. The molecule has 1 heterocycles. The molecule has 0 fully saturated rings. The van der Waals surface area contributed by atoms with Gasteiger partial charge in [-0.3, -0.25) is 0 Å². The first kappa shape index (κ1) is 12.6. The van der Waals surface area contributed by atoms with Gasteiger partial charge >= 0.3 is 0 Å². The van der Waals surface area contributed by atoms with Crippen LogP contribution in [0.3, 0.4) is 0 Å². The molecule has 0 aliphatic rings. The predicted octanol–water partition coefficient (Wildman–Crippen LogP) is 4.26. The summed E-state index contributed by atoms with van der Waals surface area (Å²) < 4.78 is 0. The van der Waals surface area contributed by atoms with Crippen molar-refractivity contribution in [3.8, 4) is 11.3 Å². The van der Waals surface area contributed by atoms with Crippen molar-refractivity contribution in [1.82, 2.24) is 4.98 Å². The van der Waals surface area contributed by atoms with E-state index in [-0.39, 0.29) is 6.04 Å². The molecule has 4 heteroatoms. The highest BCUT2D eigenvalue weighted by atomic mass is 35.5. The number of benzene rings is 1. The minimum absolute atomic E-state index is 0.0428. The van der Waals surface area contributed by atoms with E-state index in [2.05, 4.69) is 11.9 Å². The molecule has 0 amide bonds. The van der Waals surface area contributed by atoms with Gasteiger partial charge in [0.2, 0.25) is 0 Å². The van der Waals surface area contributed by atoms with Gasteiger partial charge in [-0.1, -0.05) is 43.1 Å². The van der Waals surface area contributed by atoms with Gasteiger partial charge in [-0.2, -0.15) is 0 Å². The van der Waals surface area contributed by atoms with Gasteiger partial charge in [0.1, 0.15) is 5.01 Å². The Hall–Kier alpha value is -0.900. The van der Waals surface area contributed by atoms with Crippen LogP contribution in [0.15, 0.2) is 29.6 Å². The molecule has 90 valence electrons. The zero-order valence-corrected chi connectivity index (χ0v) is 11.3. The third-order valence-electron chi connectivity index (χ3n) is 2.59. The molecule has 2 rings (SSSR count). The van der Waals surface area contributed by atoms with Crippen molar-refractivity contribution in [2.45, 2.75) is 25.8 Å². The Morgan fingerprint density at radius 2 is 2.18 bits per heavy atom. The lowest BCUT2D eigenvalue weighted by molar-refractivity contribution is 0.635. The zero-order chi connectivity index (χ0) is 12.3. The summed E-state index contributed by atoms with van der Waals surface area (Å²) in [6.45, 7) is 2.13. The van der Waals surface area contributed by atoms with Gasteiger partial charge in [-0.05, 0) is 12.5 Å². The van der Waals surface area contributed by atoms with Crippen LogP contribution in [0.4, 0.5) is 0 Å². The monoisotopic (exact) mass is 266 g/mol. The quantitative estimate of drug-likeness (QED) is 0.898. The maximum absolute atomic E-state index is 6.14. The van der Waals surface area contributed by atoms with Crippen LogP contribution in [-0.4, -0.2) is 4.98 Å². The average molecular weight is 267 g/mol. The van der Waals surface area contributed by atoms with Crippen molar-refractivity contribution in [2.24, 2.45) is 5.73 Å². The van der Waals surface area contributed by atoms with Gasteiger partial charge in [0, 0.05) is 16.0 Å². The summed E-state index contributed by atoms with van der Waals surface area (Å²) >= 11 is 7.75. The second kappa shape index (κ2) is 5.63. The van der Waals surface area contributed by atoms with Crippen molar-refractivity contribution in [3.05, 3.63) is 39.7 Å². The van der Waals surface area contributed by atoms with E-state index in [1.807, 2.05) is 29.6 Å². The second-order valence-electron chi connectivity index (χ2n) is 3.95. The van der Waals surface area contributed by atoms with Crippen molar-refractivity contribution < 1.29 is 0 Å². The van der Waals surface area contributed by atoms with Crippen LogP contribution in [0.25, 0.3) is 11.3 Å². The van der Waals surface area contributed by atoms with E-state index < -0.39 is 0 Å². The minimum Gasteiger partial charge on any atom is -0.322 e. The van der Waals surface area contributed by atoms with Crippen molar-refractivity contribution in [1.29, 1.82) is 0 Å². The predicted molar refractivity (Wildman–Crippen MR) is 74.4 cm³/mol. The van der Waals surface area contributed by atoms with E-state index in [1.165, 1.54) is 0 Å². The third kappa shape index (κ3) is 2.86. The SMILES string of the molecule is CCCC(N)c1nc(-c2ccccc2Cl)cs1. The number of hydrogen-bond acceptors (Lipinski definition) is 3. The molecule has 17 heavy (non-hydrogen) atoms. The van der Waals surface area contributed by atoms with E-state index >= 15 is 0 Å². The Morgan fingerprint density at radius 1 is 1.41 bits per heavy atom. The van der Waals surface area contributed by atoms with Gasteiger partial charge in [0.05, 0.1) is 11.7 Å². The number of halogens is 1. The highest BCUT2D eigenvalue weighted by Gasteiger charge is 2.12. The fraction of sp³-hybridized carbons (Fsp3) is 0.308. The molecule has 2 nitrogen and oxygen atoms in total. The molecule has 1 aromatic carbocycles. The molecule has 0 aliphatic carbocycles. The summed E-state index contributed by atoms with van der Waals surface area (Å²) in [6, 6.07) is 7.78. The maximum Gasteiger partial charge on any atom is 0.110 e. The normalized spacial score (nSPS) is 12.6. The molecule has 2 aromatic rings. The third-order valence-corrected chi connectivity index (χ3v) is 3.89. The summed E-state index contributed by atoms with van der Waals surface area (Å²) in [6.07, 6.45) is 2.04. The van der Waals surface area contributed by atoms with E-state index in [0.29, 0.717) is 0 Å². The molecule has 1 aromatic heterocycles. The fourth-order valence-electron chi connectivity index (χ4n) is 1.69. The highest BCUT2D eigenvalue weighted by Crippen LogP contribution is 2.30. The van der Waals surface area contributed by atoms with Crippen LogP contribution in [0, 0.1) is 0 Å². The molecule has 0 saturated heterocycles.